The summed E-state index contributed by atoms with van der Waals surface area (Å²) in [6.45, 7) is 3.61. The molecule has 1 aliphatic heterocycles. The molecule has 0 spiro atoms. The largest absolute Gasteiger partial charge is 0.381 e. The van der Waals surface area contributed by atoms with Crippen molar-refractivity contribution in [2.75, 3.05) is 13.2 Å². The zero-order valence-corrected chi connectivity index (χ0v) is 12.6. The van der Waals surface area contributed by atoms with E-state index in [1.807, 2.05) is 18.2 Å². The lowest BCUT2D eigenvalue weighted by molar-refractivity contribution is -0.128. The summed E-state index contributed by atoms with van der Waals surface area (Å²) in [6, 6.07) is 10.3. The van der Waals surface area contributed by atoms with Crippen molar-refractivity contribution >= 4 is 5.78 Å². The fourth-order valence-electron chi connectivity index (χ4n) is 3.16. The quantitative estimate of drug-likeness (QED) is 0.694. The zero-order valence-electron chi connectivity index (χ0n) is 12.6. The minimum absolute atomic E-state index is 0.286. The van der Waals surface area contributed by atoms with Gasteiger partial charge in [-0.25, -0.2) is 0 Å². The average molecular weight is 274 g/mol. The predicted octanol–water partition coefficient (Wildman–Crippen LogP) is 4.27. The van der Waals surface area contributed by atoms with Crippen LogP contribution in [-0.2, 0) is 14.9 Å². The molecule has 1 aliphatic rings. The van der Waals surface area contributed by atoms with Crippen LogP contribution in [0.5, 0.6) is 0 Å². The van der Waals surface area contributed by atoms with Crippen LogP contribution in [0.2, 0.25) is 0 Å². The number of rotatable bonds is 7. The van der Waals surface area contributed by atoms with Crippen LogP contribution in [-0.4, -0.2) is 19.0 Å². The second-order valence-electron chi connectivity index (χ2n) is 5.79. The molecule has 1 aromatic carbocycles. The maximum atomic E-state index is 12.8. The van der Waals surface area contributed by atoms with Crippen LogP contribution in [0.25, 0.3) is 0 Å². The Kier molecular flexibility index (Phi) is 5.78. The van der Waals surface area contributed by atoms with Crippen LogP contribution in [0.3, 0.4) is 0 Å². The van der Waals surface area contributed by atoms with Gasteiger partial charge in [0.25, 0.3) is 0 Å². The van der Waals surface area contributed by atoms with E-state index in [9.17, 15) is 4.79 Å². The normalized spacial score (nSPS) is 17.9. The Labute approximate surface area is 122 Å². The lowest BCUT2D eigenvalue weighted by Crippen LogP contribution is -2.41. The maximum absolute atomic E-state index is 12.8. The fraction of sp³-hybridized carbons (Fsp3) is 0.611. The highest BCUT2D eigenvalue weighted by molar-refractivity contribution is 5.90. The van der Waals surface area contributed by atoms with Gasteiger partial charge in [0.15, 0.2) is 0 Å². The second kappa shape index (κ2) is 7.58. The van der Waals surface area contributed by atoms with Crippen LogP contribution in [0.15, 0.2) is 30.3 Å². The number of benzene rings is 1. The summed E-state index contributed by atoms with van der Waals surface area (Å²) in [4.78, 5) is 12.8. The summed E-state index contributed by atoms with van der Waals surface area (Å²) in [5.41, 5.74) is 0.898. The van der Waals surface area contributed by atoms with E-state index in [4.69, 9.17) is 4.74 Å². The molecule has 1 aromatic rings. The van der Waals surface area contributed by atoms with Crippen LogP contribution < -0.4 is 0 Å². The molecule has 0 atom stereocenters. The van der Waals surface area contributed by atoms with Crippen LogP contribution in [0.4, 0.5) is 0 Å². The van der Waals surface area contributed by atoms with Crippen LogP contribution in [0, 0.1) is 0 Å². The van der Waals surface area contributed by atoms with Crippen molar-refractivity contribution in [1.82, 2.24) is 0 Å². The van der Waals surface area contributed by atoms with Crippen molar-refractivity contribution in [3.63, 3.8) is 0 Å². The molecule has 0 radical (unpaired) electrons. The van der Waals surface area contributed by atoms with Gasteiger partial charge in [-0.1, -0.05) is 56.5 Å². The lowest BCUT2D eigenvalue weighted by Gasteiger charge is -2.36. The lowest BCUT2D eigenvalue weighted by atomic mass is 9.70. The summed E-state index contributed by atoms with van der Waals surface area (Å²) in [5.74, 6) is 0.420. The van der Waals surface area contributed by atoms with E-state index in [1.54, 1.807) is 0 Å². The van der Waals surface area contributed by atoms with E-state index >= 15 is 0 Å². The Morgan fingerprint density at radius 3 is 2.45 bits per heavy atom. The van der Waals surface area contributed by atoms with Gasteiger partial charge in [-0.15, -0.1) is 0 Å². The van der Waals surface area contributed by atoms with Crippen molar-refractivity contribution in [2.45, 2.75) is 57.3 Å². The molecule has 1 saturated heterocycles. The summed E-state index contributed by atoms with van der Waals surface area (Å²) in [5, 5.41) is 0. The van der Waals surface area contributed by atoms with Gasteiger partial charge >= 0.3 is 0 Å². The number of hydrogen-bond donors (Lipinski definition) is 0. The molecule has 0 bridgehead atoms. The van der Waals surface area contributed by atoms with E-state index in [-0.39, 0.29) is 5.41 Å². The molecule has 2 nitrogen and oxygen atoms in total. The third-order valence-corrected chi connectivity index (χ3v) is 4.46. The van der Waals surface area contributed by atoms with E-state index in [1.165, 1.54) is 24.8 Å². The van der Waals surface area contributed by atoms with E-state index in [2.05, 4.69) is 19.1 Å². The standard InChI is InChI=1S/C18H26O2/c1-2-3-4-8-11-17(19)18(12-14-20-15-13-18)16-9-6-5-7-10-16/h5-7,9-10H,2-4,8,11-15H2,1H3. The number of hydrogen-bond acceptors (Lipinski definition) is 2. The van der Waals surface area contributed by atoms with Gasteiger partial charge in [0.2, 0.25) is 0 Å². The predicted molar refractivity (Wildman–Crippen MR) is 81.9 cm³/mol. The van der Waals surface area contributed by atoms with Crippen molar-refractivity contribution in [2.24, 2.45) is 0 Å². The van der Waals surface area contributed by atoms with Gasteiger partial charge in [-0.05, 0) is 24.8 Å². The van der Waals surface area contributed by atoms with Gasteiger partial charge in [0.05, 0.1) is 5.41 Å². The average Bonchev–Trinajstić information content (AvgIpc) is 2.53. The summed E-state index contributed by atoms with van der Waals surface area (Å²) in [7, 11) is 0. The second-order valence-corrected chi connectivity index (χ2v) is 5.79. The summed E-state index contributed by atoms with van der Waals surface area (Å²) in [6.07, 6.45) is 7.04. The number of carbonyl (C=O) groups excluding carboxylic acids is 1. The third kappa shape index (κ3) is 3.49. The maximum Gasteiger partial charge on any atom is 0.143 e. The number of ketones is 1. The van der Waals surface area contributed by atoms with Crippen molar-refractivity contribution in [3.05, 3.63) is 35.9 Å². The summed E-state index contributed by atoms with van der Waals surface area (Å²) < 4.78 is 5.49. The van der Waals surface area contributed by atoms with Crippen LogP contribution in [0.1, 0.15) is 57.4 Å². The Balaban J connectivity index is 2.09. The summed E-state index contributed by atoms with van der Waals surface area (Å²) >= 11 is 0. The molecule has 0 N–H and O–H groups in total. The van der Waals surface area contributed by atoms with E-state index in [0.717, 1.165) is 25.7 Å². The molecule has 2 rings (SSSR count). The number of carbonyl (C=O) groups is 1. The molecule has 0 aromatic heterocycles. The highest BCUT2D eigenvalue weighted by atomic mass is 16.5. The van der Waals surface area contributed by atoms with Gasteiger partial charge in [0.1, 0.15) is 5.78 Å². The van der Waals surface area contributed by atoms with Gasteiger partial charge < -0.3 is 4.74 Å². The van der Waals surface area contributed by atoms with Crippen molar-refractivity contribution < 1.29 is 9.53 Å². The number of Topliss-reactive ketones (excluding diaryl/α,β-unsaturated/α-hetero) is 1. The van der Waals surface area contributed by atoms with Gasteiger partial charge in [-0.3, -0.25) is 4.79 Å². The molecular weight excluding hydrogens is 248 g/mol. The molecule has 0 unspecified atom stereocenters. The highest BCUT2D eigenvalue weighted by Crippen LogP contribution is 2.37. The third-order valence-electron chi connectivity index (χ3n) is 4.46. The Morgan fingerprint density at radius 2 is 1.80 bits per heavy atom. The van der Waals surface area contributed by atoms with E-state index < -0.39 is 0 Å². The molecule has 0 amide bonds. The Morgan fingerprint density at radius 1 is 1.10 bits per heavy atom. The number of ether oxygens (including phenoxy) is 1. The van der Waals surface area contributed by atoms with Crippen LogP contribution >= 0.6 is 0 Å². The first kappa shape index (κ1) is 15.2. The Hall–Kier alpha value is -1.15. The fourth-order valence-corrected chi connectivity index (χ4v) is 3.16. The molecule has 2 heteroatoms. The molecule has 0 saturated carbocycles. The first-order valence-corrected chi connectivity index (χ1v) is 7.96. The van der Waals surface area contributed by atoms with E-state index in [0.29, 0.717) is 19.0 Å². The SMILES string of the molecule is CCCCCCC(=O)C1(c2ccccc2)CCOCC1. The minimum Gasteiger partial charge on any atom is -0.381 e. The van der Waals surface area contributed by atoms with Crippen molar-refractivity contribution in [3.8, 4) is 0 Å². The first-order chi connectivity index (χ1) is 9.79. The molecule has 0 aliphatic carbocycles. The monoisotopic (exact) mass is 274 g/mol. The van der Waals surface area contributed by atoms with Crippen molar-refractivity contribution in [1.29, 1.82) is 0 Å². The number of unbranched alkanes of at least 4 members (excludes halogenated alkanes) is 3. The van der Waals surface area contributed by atoms with Gasteiger partial charge in [0, 0.05) is 19.6 Å². The molecule has 20 heavy (non-hydrogen) atoms. The van der Waals surface area contributed by atoms with Gasteiger partial charge in [-0.2, -0.15) is 0 Å². The first-order valence-electron chi connectivity index (χ1n) is 7.96. The topological polar surface area (TPSA) is 26.3 Å². The minimum atomic E-state index is -0.286. The Bertz CT molecular complexity index is 405. The zero-order chi connectivity index (χ0) is 14.3. The molecule has 1 fully saturated rings. The molecular formula is C18H26O2. The highest BCUT2D eigenvalue weighted by Gasteiger charge is 2.40. The molecule has 1 heterocycles. The molecule has 110 valence electrons. The smallest absolute Gasteiger partial charge is 0.143 e.